The van der Waals surface area contributed by atoms with Gasteiger partial charge in [0, 0.05) is 6.54 Å². The Morgan fingerprint density at radius 2 is 1.28 bits per heavy atom. The summed E-state index contributed by atoms with van der Waals surface area (Å²) < 4.78 is 0. The zero-order valence-corrected chi connectivity index (χ0v) is 11.4. The van der Waals surface area contributed by atoms with Crippen LogP contribution in [-0.2, 0) is 0 Å². The highest BCUT2D eigenvalue weighted by Crippen LogP contribution is 2.54. The highest BCUT2D eigenvalue weighted by Gasteiger charge is 2.43. The van der Waals surface area contributed by atoms with Crippen molar-refractivity contribution in [2.24, 2.45) is 0 Å². The van der Waals surface area contributed by atoms with Crippen LogP contribution >= 0.6 is 7.41 Å². The van der Waals surface area contributed by atoms with Crippen molar-refractivity contribution in [2.75, 3.05) is 12.7 Å². The largest absolute Gasteiger partial charge is 0.183 e. The first-order chi connectivity index (χ1) is 8.92. The molecule has 0 spiro atoms. The number of hydrogen-bond donors (Lipinski definition) is 1. The van der Waals surface area contributed by atoms with Crippen LogP contribution in [-0.4, -0.2) is 12.7 Å². The van der Waals surface area contributed by atoms with Crippen LogP contribution < -0.4 is 15.7 Å². The standard InChI is InChI=1S/C16H19NP/c1-3-9-15(10-4-1)18(14-8-7-13-17-18)16-11-5-2-6-12-16/h1-6,9-12,17H,7-8,13-14H2/q+1. The monoisotopic (exact) mass is 256 g/mol. The molecule has 1 saturated heterocycles. The first kappa shape index (κ1) is 11.9. The Kier molecular flexibility index (Phi) is 3.45. The van der Waals surface area contributed by atoms with E-state index in [9.17, 15) is 0 Å². The fourth-order valence-corrected chi connectivity index (χ4v) is 6.72. The Bertz CT molecular complexity index is 448. The highest BCUT2D eigenvalue weighted by atomic mass is 31.2. The molecule has 3 rings (SSSR count). The van der Waals surface area contributed by atoms with Crippen LogP contribution in [0.2, 0.25) is 0 Å². The molecule has 0 aromatic heterocycles. The zero-order chi connectivity index (χ0) is 12.3. The molecule has 0 bridgehead atoms. The number of benzene rings is 2. The lowest BCUT2D eigenvalue weighted by Gasteiger charge is -2.31. The van der Waals surface area contributed by atoms with Crippen molar-refractivity contribution >= 4 is 18.0 Å². The van der Waals surface area contributed by atoms with E-state index in [1.807, 2.05) is 0 Å². The maximum atomic E-state index is 3.88. The van der Waals surface area contributed by atoms with Gasteiger partial charge in [0.25, 0.3) is 0 Å². The molecule has 0 radical (unpaired) electrons. The second-order valence-electron chi connectivity index (χ2n) is 4.82. The minimum absolute atomic E-state index is 1.15. The molecule has 0 amide bonds. The van der Waals surface area contributed by atoms with Gasteiger partial charge in [-0.15, -0.1) is 0 Å². The Morgan fingerprint density at radius 1 is 0.722 bits per heavy atom. The highest BCUT2D eigenvalue weighted by molar-refractivity contribution is 7.87. The Hall–Kier alpha value is -1.17. The zero-order valence-electron chi connectivity index (χ0n) is 10.5. The summed E-state index contributed by atoms with van der Waals surface area (Å²) in [6, 6.07) is 22.0. The van der Waals surface area contributed by atoms with Crippen molar-refractivity contribution in [2.45, 2.75) is 12.8 Å². The minimum atomic E-state index is -1.34. The predicted octanol–water partition coefficient (Wildman–Crippen LogP) is 2.95. The average molecular weight is 256 g/mol. The van der Waals surface area contributed by atoms with Crippen molar-refractivity contribution < 1.29 is 0 Å². The molecular formula is C16H19NP+. The van der Waals surface area contributed by atoms with Crippen LogP contribution in [0.25, 0.3) is 0 Å². The smallest absolute Gasteiger partial charge is 0.145 e. The van der Waals surface area contributed by atoms with E-state index in [2.05, 4.69) is 65.8 Å². The molecule has 2 heteroatoms. The molecule has 1 nitrogen and oxygen atoms in total. The number of hydrogen-bond acceptors (Lipinski definition) is 1. The summed E-state index contributed by atoms with van der Waals surface area (Å²) in [6.45, 7) is 1.15. The lowest BCUT2D eigenvalue weighted by molar-refractivity contribution is 0.736. The SMILES string of the molecule is c1ccc([P+]2(c3ccccc3)CCCCN2)cc1. The Labute approximate surface area is 110 Å². The van der Waals surface area contributed by atoms with Crippen LogP contribution in [0.15, 0.2) is 60.7 Å². The molecule has 1 aliphatic heterocycles. The van der Waals surface area contributed by atoms with Crippen LogP contribution in [0.4, 0.5) is 0 Å². The van der Waals surface area contributed by atoms with Gasteiger partial charge in [-0.3, -0.25) is 0 Å². The molecule has 1 heterocycles. The van der Waals surface area contributed by atoms with Gasteiger partial charge in [0.1, 0.15) is 18.0 Å². The molecule has 0 aliphatic carbocycles. The van der Waals surface area contributed by atoms with Crippen molar-refractivity contribution in [3.8, 4) is 0 Å². The molecule has 1 fully saturated rings. The third-order valence-corrected chi connectivity index (χ3v) is 7.81. The van der Waals surface area contributed by atoms with Crippen molar-refractivity contribution in [1.29, 1.82) is 0 Å². The molecule has 1 N–H and O–H groups in total. The van der Waals surface area contributed by atoms with E-state index < -0.39 is 7.41 Å². The average Bonchev–Trinajstić information content (AvgIpc) is 2.50. The normalized spacial score (nSPS) is 18.4. The summed E-state index contributed by atoms with van der Waals surface area (Å²) in [5.74, 6) is 0. The van der Waals surface area contributed by atoms with E-state index in [0.29, 0.717) is 0 Å². The van der Waals surface area contributed by atoms with Crippen molar-refractivity contribution in [1.82, 2.24) is 5.09 Å². The lowest BCUT2D eigenvalue weighted by Crippen LogP contribution is -2.38. The molecular weight excluding hydrogens is 237 g/mol. The van der Waals surface area contributed by atoms with Gasteiger partial charge >= 0.3 is 0 Å². The fourth-order valence-electron chi connectivity index (χ4n) is 2.78. The second kappa shape index (κ2) is 5.22. The molecule has 0 atom stereocenters. The third-order valence-electron chi connectivity index (χ3n) is 3.70. The van der Waals surface area contributed by atoms with E-state index in [1.54, 1.807) is 0 Å². The Morgan fingerprint density at radius 3 is 1.72 bits per heavy atom. The third kappa shape index (κ3) is 2.09. The summed E-state index contributed by atoms with van der Waals surface area (Å²) in [4.78, 5) is 0. The quantitative estimate of drug-likeness (QED) is 0.815. The van der Waals surface area contributed by atoms with Crippen LogP contribution in [0.3, 0.4) is 0 Å². The maximum absolute atomic E-state index is 3.88. The van der Waals surface area contributed by atoms with Crippen LogP contribution in [0, 0.1) is 0 Å². The van der Waals surface area contributed by atoms with Crippen LogP contribution in [0.5, 0.6) is 0 Å². The van der Waals surface area contributed by atoms with E-state index >= 15 is 0 Å². The summed E-state index contributed by atoms with van der Waals surface area (Å²) in [5, 5.41) is 6.87. The van der Waals surface area contributed by atoms with E-state index in [0.717, 1.165) is 6.54 Å². The maximum Gasteiger partial charge on any atom is 0.145 e. The number of rotatable bonds is 2. The summed E-state index contributed by atoms with van der Waals surface area (Å²) in [6.07, 6.45) is 3.94. The molecule has 0 unspecified atom stereocenters. The Balaban J connectivity index is 2.10. The first-order valence-corrected chi connectivity index (χ1v) is 8.64. The van der Waals surface area contributed by atoms with Crippen LogP contribution in [0.1, 0.15) is 12.8 Å². The van der Waals surface area contributed by atoms with Gasteiger partial charge in [-0.25, -0.2) is 0 Å². The molecule has 92 valence electrons. The predicted molar refractivity (Wildman–Crippen MR) is 81.2 cm³/mol. The molecule has 2 aromatic carbocycles. The number of nitrogens with one attached hydrogen (secondary N) is 1. The summed E-state index contributed by atoms with van der Waals surface area (Å²) in [5.41, 5.74) is 0. The van der Waals surface area contributed by atoms with Gasteiger partial charge < -0.3 is 0 Å². The van der Waals surface area contributed by atoms with Gasteiger partial charge in [0.15, 0.2) is 0 Å². The van der Waals surface area contributed by atoms with Gasteiger partial charge in [0.05, 0.1) is 6.16 Å². The summed E-state index contributed by atoms with van der Waals surface area (Å²) in [7, 11) is -1.34. The second-order valence-corrected chi connectivity index (χ2v) is 8.24. The lowest BCUT2D eigenvalue weighted by atomic mass is 10.3. The van der Waals surface area contributed by atoms with Gasteiger partial charge in [0.2, 0.25) is 0 Å². The van der Waals surface area contributed by atoms with E-state index in [4.69, 9.17) is 0 Å². The van der Waals surface area contributed by atoms with Crippen molar-refractivity contribution in [3.05, 3.63) is 60.7 Å². The fraction of sp³-hybridized carbons (Fsp3) is 0.250. The van der Waals surface area contributed by atoms with Gasteiger partial charge in [-0.2, -0.15) is 5.09 Å². The van der Waals surface area contributed by atoms with E-state index in [-0.39, 0.29) is 0 Å². The summed E-state index contributed by atoms with van der Waals surface area (Å²) >= 11 is 0. The van der Waals surface area contributed by atoms with Gasteiger partial charge in [-0.05, 0) is 37.1 Å². The first-order valence-electron chi connectivity index (χ1n) is 6.66. The molecule has 0 saturated carbocycles. The molecule has 18 heavy (non-hydrogen) atoms. The van der Waals surface area contributed by atoms with Gasteiger partial charge in [-0.1, -0.05) is 36.4 Å². The topological polar surface area (TPSA) is 12.0 Å². The minimum Gasteiger partial charge on any atom is -0.183 e. The van der Waals surface area contributed by atoms with Crippen molar-refractivity contribution in [3.63, 3.8) is 0 Å². The molecule has 1 aliphatic rings. The van der Waals surface area contributed by atoms with E-state index in [1.165, 1.54) is 29.6 Å². The molecule has 2 aromatic rings.